The molecule has 35 heavy (non-hydrogen) atoms. The summed E-state index contributed by atoms with van der Waals surface area (Å²) in [5, 5.41) is 8.03. The van der Waals surface area contributed by atoms with Gasteiger partial charge in [-0.05, 0) is 73.4 Å². The van der Waals surface area contributed by atoms with E-state index in [2.05, 4.69) is 10.3 Å². The van der Waals surface area contributed by atoms with Gasteiger partial charge in [-0.25, -0.2) is 14.1 Å². The fourth-order valence-corrected chi connectivity index (χ4v) is 4.49. The Morgan fingerprint density at radius 2 is 1.89 bits per heavy atom. The molecular weight excluding hydrogens is 465 g/mol. The van der Waals surface area contributed by atoms with Crippen LogP contribution in [0.4, 0.5) is 10.1 Å². The van der Waals surface area contributed by atoms with Crippen LogP contribution in [-0.2, 0) is 19.4 Å². The molecule has 2 heterocycles. The van der Waals surface area contributed by atoms with Crippen molar-refractivity contribution >= 4 is 23.2 Å². The van der Waals surface area contributed by atoms with Crippen molar-refractivity contribution in [3.05, 3.63) is 93.6 Å². The zero-order valence-corrected chi connectivity index (χ0v) is 20.7. The fourth-order valence-electron chi connectivity index (χ4n) is 4.28. The van der Waals surface area contributed by atoms with Crippen LogP contribution >= 0.6 is 11.6 Å². The number of nitrogens with zero attached hydrogens (tertiary/aromatic N) is 3. The number of benzene rings is 2. The summed E-state index contributed by atoms with van der Waals surface area (Å²) in [5.74, 6) is -0.571. The van der Waals surface area contributed by atoms with Crippen molar-refractivity contribution in [2.24, 2.45) is 5.73 Å². The lowest BCUT2D eigenvalue weighted by Gasteiger charge is -2.20. The zero-order valence-electron chi connectivity index (χ0n) is 19.9. The van der Waals surface area contributed by atoms with Crippen molar-refractivity contribution in [1.29, 1.82) is 0 Å². The number of pyridine rings is 1. The van der Waals surface area contributed by atoms with Crippen LogP contribution in [0.15, 0.2) is 54.7 Å². The Balaban J connectivity index is 0.00000141. The Labute approximate surface area is 209 Å². The summed E-state index contributed by atoms with van der Waals surface area (Å²) in [6.45, 7) is 6.13. The molecule has 6 nitrogen and oxygen atoms in total. The number of aromatic nitrogens is 3. The van der Waals surface area contributed by atoms with Crippen molar-refractivity contribution in [1.82, 2.24) is 14.8 Å². The van der Waals surface area contributed by atoms with E-state index in [-0.39, 0.29) is 11.7 Å². The SMILES string of the molecule is CC.Cc1cc(Cl)ncc1C(=O)Nc1ccc2c(c1)-c1c(c(CN)nn1-c1ccc(F)cc1)CC2. The Morgan fingerprint density at radius 1 is 1.14 bits per heavy atom. The third-order valence-electron chi connectivity index (χ3n) is 5.92. The first-order valence-electron chi connectivity index (χ1n) is 11.6. The van der Waals surface area contributed by atoms with Gasteiger partial charge in [-0.1, -0.05) is 31.5 Å². The first-order valence-corrected chi connectivity index (χ1v) is 12.0. The van der Waals surface area contributed by atoms with Crippen LogP contribution in [0.5, 0.6) is 0 Å². The number of amides is 1. The molecule has 1 amide bonds. The average Bonchev–Trinajstić information content (AvgIpc) is 3.25. The van der Waals surface area contributed by atoms with Gasteiger partial charge < -0.3 is 11.1 Å². The van der Waals surface area contributed by atoms with Crippen molar-refractivity contribution in [2.45, 2.75) is 40.2 Å². The van der Waals surface area contributed by atoms with Crippen LogP contribution in [0.25, 0.3) is 16.9 Å². The maximum atomic E-state index is 13.5. The van der Waals surface area contributed by atoms with E-state index in [1.807, 2.05) is 43.7 Å². The van der Waals surface area contributed by atoms with E-state index in [9.17, 15) is 9.18 Å². The Hall–Kier alpha value is -3.55. The van der Waals surface area contributed by atoms with E-state index in [1.165, 1.54) is 18.3 Å². The molecule has 0 saturated heterocycles. The van der Waals surface area contributed by atoms with Gasteiger partial charge in [0.1, 0.15) is 11.0 Å². The van der Waals surface area contributed by atoms with Crippen molar-refractivity contribution in [3.8, 4) is 16.9 Å². The maximum absolute atomic E-state index is 13.5. The molecule has 0 atom stereocenters. The number of nitrogens with one attached hydrogen (secondary N) is 1. The third-order valence-corrected chi connectivity index (χ3v) is 6.13. The fraction of sp³-hybridized carbons (Fsp3) is 0.222. The predicted octanol–water partition coefficient (Wildman–Crippen LogP) is 5.87. The summed E-state index contributed by atoms with van der Waals surface area (Å²) in [4.78, 5) is 16.9. The number of rotatable bonds is 4. The molecule has 0 aliphatic heterocycles. The molecule has 0 saturated carbocycles. The van der Waals surface area contributed by atoms with Crippen LogP contribution in [0.3, 0.4) is 0 Å². The lowest BCUT2D eigenvalue weighted by molar-refractivity contribution is 0.102. The highest BCUT2D eigenvalue weighted by Crippen LogP contribution is 2.38. The number of anilines is 1. The molecule has 1 aliphatic rings. The van der Waals surface area contributed by atoms with Gasteiger partial charge in [-0.3, -0.25) is 4.79 Å². The molecule has 0 radical (unpaired) electrons. The van der Waals surface area contributed by atoms with Gasteiger partial charge in [-0.15, -0.1) is 0 Å². The standard InChI is InChI=1S/C25H21ClFN5O.C2H6/c1-14-10-23(26)29-13-21(14)25(33)30-17-6-2-15-3-9-19-22(12-28)31-32(24(19)20(15)11-17)18-7-4-16(27)5-8-18;1-2/h2,4-8,10-11,13H,3,9,12,28H2,1H3,(H,30,33);1-2H3. The van der Waals surface area contributed by atoms with Crippen molar-refractivity contribution in [3.63, 3.8) is 0 Å². The van der Waals surface area contributed by atoms with Crippen LogP contribution in [0, 0.1) is 12.7 Å². The number of aryl methyl sites for hydroxylation is 2. The van der Waals surface area contributed by atoms with Crippen LogP contribution in [0.1, 0.15) is 46.6 Å². The summed E-state index contributed by atoms with van der Waals surface area (Å²) < 4.78 is 15.3. The van der Waals surface area contributed by atoms with Crippen LogP contribution < -0.4 is 11.1 Å². The zero-order chi connectivity index (χ0) is 25.1. The monoisotopic (exact) mass is 491 g/mol. The van der Waals surface area contributed by atoms with Crippen molar-refractivity contribution in [2.75, 3.05) is 5.32 Å². The average molecular weight is 492 g/mol. The summed E-state index contributed by atoms with van der Waals surface area (Å²) in [6, 6.07) is 13.7. The molecule has 0 spiro atoms. The van der Waals surface area contributed by atoms with E-state index >= 15 is 0 Å². The van der Waals surface area contributed by atoms with E-state index in [0.717, 1.165) is 52.2 Å². The molecule has 0 bridgehead atoms. The molecule has 4 aromatic rings. The molecule has 2 aromatic heterocycles. The van der Waals surface area contributed by atoms with E-state index in [0.29, 0.717) is 22.9 Å². The van der Waals surface area contributed by atoms with Gasteiger partial charge in [0.15, 0.2) is 0 Å². The molecule has 1 aliphatic carbocycles. The Kier molecular flexibility index (Phi) is 7.28. The first kappa shape index (κ1) is 24.6. The number of fused-ring (bicyclic) bond motifs is 3. The summed E-state index contributed by atoms with van der Waals surface area (Å²) in [5.41, 5.74) is 13.5. The molecular formula is C27H27ClFN5O. The highest BCUT2D eigenvalue weighted by molar-refractivity contribution is 6.29. The highest BCUT2D eigenvalue weighted by Gasteiger charge is 2.26. The lowest BCUT2D eigenvalue weighted by Crippen LogP contribution is -2.15. The summed E-state index contributed by atoms with van der Waals surface area (Å²) in [7, 11) is 0. The number of halogens is 2. The smallest absolute Gasteiger partial charge is 0.257 e. The van der Waals surface area contributed by atoms with Gasteiger partial charge in [0.25, 0.3) is 5.91 Å². The third kappa shape index (κ3) is 4.83. The first-order chi connectivity index (χ1) is 16.9. The summed E-state index contributed by atoms with van der Waals surface area (Å²) in [6.07, 6.45) is 3.14. The predicted molar refractivity (Wildman–Crippen MR) is 138 cm³/mol. The highest BCUT2D eigenvalue weighted by atomic mass is 35.5. The maximum Gasteiger partial charge on any atom is 0.257 e. The number of carbonyl (C=O) groups is 1. The van der Waals surface area contributed by atoms with Gasteiger partial charge in [0, 0.05) is 29.6 Å². The summed E-state index contributed by atoms with van der Waals surface area (Å²) >= 11 is 5.92. The second kappa shape index (κ2) is 10.4. The normalized spacial score (nSPS) is 11.7. The van der Waals surface area contributed by atoms with E-state index in [4.69, 9.17) is 22.4 Å². The molecule has 5 rings (SSSR count). The number of carbonyl (C=O) groups excluding carboxylic acids is 1. The number of nitrogens with two attached hydrogens (primary N) is 1. The number of hydrogen-bond acceptors (Lipinski definition) is 4. The molecule has 0 unspecified atom stereocenters. The van der Waals surface area contributed by atoms with Gasteiger partial charge >= 0.3 is 0 Å². The second-order valence-electron chi connectivity index (χ2n) is 8.01. The minimum atomic E-state index is -0.309. The largest absolute Gasteiger partial charge is 0.325 e. The van der Waals surface area contributed by atoms with Crippen LogP contribution in [-0.4, -0.2) is 20.7 Å². The van der Waals surface area contributed by atoms with Crippen LogP contribution in [0.2, 0.25) is 5.15 Å². The minimum Gasteiger partial charge on any atom is -0.325 e. The number of hydrogen-bond donors (Lipinski definition) is 2. The van der Waals surface area contributed by atoms with Crippen molar-refractivity contribution < 1.29 is 9.18 Å². The van der Waals surface area contributed by atoms with E-state index in [1.54, 1.807) is 18.2 Å². The lowest BCUT2D eigenvalue weighted by atomic mass is 9.88. The second-order valence-corrected chi connectivity index (χ2v) is 8.40. The molecule has 0 fully saturated rings. The molecule has 3 N–H and O–H groups in total. The van der Waals surface area contributed by atoms with Gasteiger partial charge in [0.05, 0.1) is 22.6 Å². The Morgan fingerprint density at radius 3 is 2.57 bits per heavy atom. The van der Waals surface area contributed by atoms with E-state index < -0.39 is 0 Å². The Bertz CT molecular complexity index is 1380. The van der Waals surface area contributed by atoms with Gasteiger partial charge in [0.2, 0.25) is 0 Å². The topological polar surface area (TPSA) is 85.8 Å². The minimum absolute atomic E-state index is 0.262. The van der Waals surface area contributed by atoms with Gasteiger partial charge in [-0.2, -0.15) is 5.10 Å². The molecule has 180 valence electrons. The molecule has 8 heteroatoms. The molecule has 2 aromatic carbocycles. The quantitative estimate of drug-likeness (QED) is 0.349.